The number of benzene rings is 1. The third kappa shape index (κ3) is 4.10. The van der Waals surface area contributed by atoms with Crippen LogP contribution in [0.15, 0.2) is 48.9 Å². The lowest BCUT2D eigenvalue weighted by Gasteiger charge is -2.16. The molecule has 0 aliphatic carbocycles. The normalized spacial score (nSPS) is 11.5. The fraction of sp³-hybridized carbons (Fsp3) is 0.200. The molecule has 1 aromatic heterocycles. The van der Waals surface area contributed by atoms with Crippen molar-refractivity contribution in [3.8, 4) is 0 Å². The van der Waals surface area contributed by atoms with E-state index in [4.69, 9.17) is 4.74 Å². The molecule has 0 saturated heterocycles. The van der Waals surface area contributed by atoms with Gasteiger partial charge in [0, 0.05) is 18.8 Å². The standard InChI is InChI=1S/C15H15N3O3/c1-21-15(20)12(9-11-5-3-2-4-6-11)18-14(19)13-10-16-7-8-17-13/h2-8,10,12H,9H2,1H3,(H,18,19)/t12-/m0/s1. The van der Waals surface area contributed by atoms with E-state index >= 15 is 0 Å². The summed E-state index contributed by atoms with van der Waals surface area (Å²) >= 11 is 0. The number of hydrogen-bond acceptors (Lipinski definition) is 5. The van der Waals surface area contributed by atoms with E-state index in [0.717, 1.165) is 5.56 Å². The predicted molar refractivity (Wildman–Crippen MR) is 75.4 cm³/mol. The third-order valence-electron chi connectivity index (χ3n) is 2.87. The number of carbonyl (C=O) groups is 2. The Morgan fingerprint density at radius 3 is 2.62 bits per heavy atom. The first-order valence-corrected chi connectivity index (χ1v) is 6.39. The summed E-state index contributed by atoms with van der Waals surface area (Å²) in [6.07, 6.45) is 4.57. The molecule has 0 spiro atoms. The molecule has 0 radical (unpaired) electrons. The van der Waals surface area contributed by atoms with Gasteiger partial charge in [-0.25, -0.2) is 9.78 Å². The maximum Gasteiger partial charge on any atom is 0.328 e. The van der Waals surface area contributed by atoms with Crippen LogP contribution in [0.4, 0.5) is 0 Å². The molecule has 1 atom stereocenters. The van der Waals surface area contributed by atoms with E-state index in [1.807, 2.05) is 30.3 Å². The Morgan fingerprint density at radius 2 is 2.00 bits per heavy atom. The van der Waals surface area contributed by atoms with Crippen LogP contribution in [0.3, 0.4) is 0 Å². The second-order valence-corrected chi connectivity index (χ2v) is 4.33. The van der Waals surface area contributed by atoms with Crippen LogP contribution in [0.5, 0.6) is 0 Å². The lowest BCUT2D eigenvalue weighted by Crippen LogP contribution is -2.43. The first kappa shape index (κ1) is 14.6. The fourth-order valence-corrected chi connectivity index (χ4v) is 1.83. The zero-order chi connectivity index (χ0) is 15.1. The van der Waals surface area contributed by atoms with Gasteiger partial charge < -0.3 is 10.1 Å². The van der Waals surface area contributed by atoms with Gasteiger partial charge in [-0.2, -0.15) is 0 Å². The second kappa shape index (κ2) is 7.14. The van der Waals surface area contributed by atoms with Crippen molar-refractivity contribution in [1.29, 1.82) is 0 Å². The Morgan fingerprint density at radius 1 is 1.24 bits per heavy atom. The van der Waals surface area contributed by atoms with Crippen molar-refractivity contribution in [2.24, 2.45) is 0 Å². The maximum atomic E-state index is 12.0. The van der Waals surface area contributed by atoms with E-state index in [0.29, 0.717) is 6.42 Å². The molecule has 21 heavy (non-hydrogen) atoms. The first-order chi connectivity index (χ1) is 10.2. The summed E-state index contributed by atoms with van der Waals surface area (Å²) < 4.78 is 4.73. The molecule has 108 valence electrons. The topological polar surface area (TPSA) is 81.2 Å². The Kier molecular flexibility index (Phi) is 4.98. The first-order valence-electron chi connectivity index (χ1n) is 6.39. The molecule has 1 heterocycles. The van der Waals surface area contributed by atoms with Crippen molar-refractivity contribution >= 4 is 11.9 Å². The zero-order valence-electron chi connectivity index (χ0n) is 11.5. The Bertz CT molecular complexity index is 602. The molecule has 0 unspecified atom stereocenters. The van der Waals surface area contributed by atoms with Gasteiger partial charge in [0.25, 0.3) is 5.91 Å². The predicted octanol–water partition coefficient (Wildman–Crippen LogP) is 0.991. The van der Waals surface area contributed by atoms with E-state index in [-0.39, 0.29) is 5.69 Å². The monoisotopic (exact) mass is 285 g/mol. The van der Waals surface area contributed by atoms with Crippen LogP contribution in [0, 0.1) is 0 Å². The molecule has 0 bridgehead atoms. The van der Waals surface area contributed by atoms with Crippen molar-refractivity contribution in [3.63, 3.8) is 0 Å². The van der Waals surface area contributed by atoms with Crippen molar-refractivity contribution < 1.29 is 14.3 Å². The molecule has 1 aromatic carbocycles. The highest BCUT2D eigenvalue weighted by molar-refractivity contribution is 5.94. The third-order valence-corrected chi connectivity index (χ3v) is 2.87. The number of nitrogens with zero attached hydrogens (tertiary/aromatic N) is 2. The molecular weight excluding hydrogens is 270 g/mol. The smallest absolute Gasteiger partial charge is 0.328 e. The summed E-state index contributed by atoms with van der Waals surface area (Å²) in [6, 6.07) is 8.61. The number of methoxy groups -OCH3 is 1. The largest absolute Gasteiger partial charge is 0.467 e. The zero-order valence-corrected chi connectivity index (χ0v) is 11.5. The lowest BCUT2D eigenvalue weighted by molar-refractivity contribution is -0.142. The van der Waals surface area contributed by atoms with Crippen molar-refractivity contribution in [3.05, 3.63) is 60.2 Å². The van der Waals surface area contributed by atoms with Gasteiger partial charge in [-0.3, -0.25) is 9.78 Å². The minimum Gasteiger partial charge on any atom is -0.467 e. The quantitative estimate of drug-likeness (QED) is 0.829. The molecule has 2 rings (SSSR count). The molecule has 0 aliphatic rings. The number of rotatable bonds is 5. The number of amides is 1. The van der Waals surface area contributed by atoms with Gasteiger partial charge in [0.2, 0.25) is 0 Å². The average Bonchev–Trinajstić information content (AvgIpc) is 2.55. The van der Waals surface area contributed by atoms with Crippen LogP contribution in [0.25, 0.3) is 0 Å². The van der Waals surface area contributed by atoms with E-state index in [2.05, 4.69) is 15.3 Å². The minimum atomic E-state index is -0.771. The molecule has 6 heteroatoms. The Labute approximate surface area is 122 Å². The molecule has 0 aliphatic heterocycles. The number of ether oxygens (including phenoxy) is 1. The van der Waals surface area contributed by atoms with Crippen LogP contribution in [-0.2, 0) is 16.0 Å². The highest BCUT2D eigenvalue weighted by Gasteiger charge is 2.23. The Hall–Kier alpha value is -2.76. The van der Waals surface area contributed by atoms with Crippen LogP contribution in [0.2, 0.25) is 0 Å². The number of esters is 1. The summed E-state index contributed by atoms with van der Waals surface area (Å²) in [7, 11) is 1.29. The van der Waals surface area contributed by atoms with Crippen LogP contribution < -0.4 is 5.32 Å². The molecule has 6 nitrogen and oxygen atoms in total. The Balaban J connectivity index is 2.10. The number of aromatic nitrogens is 2. The van der Waals surface area contributed by atoms with Gasteiger partial charge in [-0.05, 0) is 5.56 Å². The van der Waals surface area contributed by atoms with Crippen molar-refractivity contribution in [1.82, 2.24) is 15.3 Å². The minimum absolute atomic E-state index is 0.152. The van der Waals surface area contributed by atoms with Crippen LogP contribution in [0.1, 0.15) is 16.1 Å². The van der Waals surface area contributed by atoms with Gasteiger partial charge in [-0.15, -0.1) is 0 Å². The molecule has 1 N–H and O–H groups in total. The number of hydrogen-bond donors (Lipinski definition) is 1. The SMILES string of the molecule is COC(=O)[C@H](Cc1ccccc1)NC(=O)c1cnccn1. The van der Waals surface area contributed by atoms with Gasteiger partial charge in [0.15, 0.2) is 0 Å². The maximum absolute atomic E-state index is 12.0. The molecule has 1 amide bonds. The van der Waals surface area contributed by atoms with Gasteiger partial charge in [0.1, 0.15) is 11.7 Å². The summed E-state index contributed by atoms with van der Waals surface area (Å²) in [5, 5.41) is 2.62. The number of nitrogens with one attached hydrogen (secondary N) is 1. The summed E-state index contributed by atoms with van der Waals surface area (Å²) in [5.41, 5.74) is 1.08. The van der Waals surface area contributed by atoms with Crippen LogP contribution >= 0.6 is 0 Å². The average molecular weight is 285 g/mol. The molecule has 0 saturated carbocycles. The van der Waals surface area contributed by atoms with Crippen molar-refractivity contribution in [2.45, 2.75) is 12.5 Å². The summed E-state index contributed by atoms with van der Waals surface area (Å²) in [4.78, 5) is 31.6. The van der Waals surface area contributed by atoms with Gasteiger partial charge in [0.05, 0.1) is 13.3 Å². The highest BCUT2D eigenvalue weighted by Crippen LogP contribution is 2.05. The summed E-state index contributed by atoms with van der Waals surface area (Å²) in [5.74, 6) is -0.967. The molecular formula is C15H15N3O3. The van der Waals surface area contributed by atoms with Crippen molar-refractivity contribution in [2.75, 3.05) is 7.11 Å². The van der Waals surface area contributed by atoms with Gasteiger partial charge >= 0.3 is 5.97 Å². The summed E-state index contributed by atoms with van der Waals surface area (Å²) in [6.45, 7) is 0. The van der Waals surface area contributed by atoms with Gasteiger partial charge in [-0.1, -0.05) is 30.3 Å². The van der Waals surface area contributed by atoms with E-state index in [9.17, 15) is 9.59 Å². The second-order valence-electron chi connectivity index (χ2n) is 4.33. The lowest BCUT2D eigenvalue weighted by atomic mass is 10.1. The molecule has 2 aromatic rings. The van der Waals surface area contributed by atoms with E-state index in [1.165, 1.54) is 25.7 Å². The fourth-order valence-electron chi connectivity index (χ4n) is 1.83. The van der Waals surface area contributed by atoms with E-state index < -0.39 is 17.9 Å². The van der Waals surface area contributed by atoms with Crippen LogP contribution in [-0.4, -0.2) is 35.0 Å². The molecule has 0 fully saturated rings. The van der Waals surface area contributed by atoms with E-state index in [1.54, 1.807) is 0 Å². The highest BCUT2D eigenvalue weighted by atomic mass is 16.5. The number of carbonyl (C=O) groups excluding carboxylic acids is 2.